The van der Waals surface area contributed by atoms with Gasteiger partial charge in [0.1, 0.15) is 0 Å². The van der Waals surface area contributed by atoms with Crippen molar-refractivity contribution in [2.45, 2.75) is 32.7 Å². The van der Waals surface area contributed by atoms with Gasteiger partial charge in [-0.15, -0.1) is 0 Å². The molecule has 1 fully saturated rings. The predicted molar refractivity (Wildman–Crippen MR) is 80.7 cm³/mol. The quantitative estimate of drug-likeness (QED) is 0.761. The molecule has 0 aromatic heterocycles. The Kier molecular flexibility index (Phi) is 4.49. The topological polar surface area (TPSA) is 20.3 Å². The van der Waals surface area contributed by atoms with Crippen LogP contribution in [0.2, 0.25) is 0 Å². The molecule has 1 amide bonds. The molecule has 2 rings (SSSR count). The van der Waals surface area contributed by atoms with Gasteiger partial charge in [0.25, 0.3) is 5.91 Å². The Balaban J connectivity index is 2.23. The summed E-state index contributed by atoms with van der Waals surface area (Å²) in [5.74, 6) is 0.826. The van der Waals surface area contributed by atoms with Gasteiger partial charge in [-0.05, 0) is 66.7 Å². The third kappa shape index (κ3) is 3.35. The summed E-state index contributed by atoms with van der Waals surface area (Å²) in [6, 6.07) is 5.97. The number of nitrogens with zero attached hydrogens (tertiary/aromatic N) is 1. The standard InChI is InChI=1S/C14H17Br2NO/c1-9(2)17(8-10-3-4-10)14(18)12-7-11(15)5-6-13(12)16/h5-7,9-10H,3-4,8H2,1-2H3. The van der Waals surface area contributed by atoms with Gasteiger partial charge in [-0.25, -0.2) is 0 Å². The first-order chi connectivity index (χ1) is 8.49. The van der Waals surface area contributed by atoms with E-state index >= 15 is 0 Å². The van der Waals surface area contributed by atoms with Crippen molar-refractivity contribution in [2.75, 3.05) is 6.54 Å². The van der Waals surface area contributed by atoms with Crippen LogP contribution >= 0.6 is 31.9 Å². The van der Waals surface area contributed by atoms with E-state index in [-0.39, 0.29) is 11.9 Å². The molecule has 4 heteroatoms. The molecule has 98 valence electrons. The molecule has 0 spiro atoms. The number of hydrogen-bond donors (Lipinski definition) is 0. The van der Waals surface area contributed by atoms with Gasteiger partial charge >= 0.3 is 0 Å². The Morgan fingerprint density at radius 2 is 2.06 bits per heavy atom. The maximum Gasteiger partial charge on any atom is 0.255 e. The van der Waals surface area contributed by atoms with Crippen LogP contribution < -0.4 is 0 Å². The number of hydrogen-bond acceptors (Lipinski definition) is 1. The summed E-state index contributed by atoms with van der Waals surface area (Å²) in [6.07, 6.45) is 2.52. The number of benzene rings is 1. The number of rotatable bonds is 4. The number of carbonyl (C=O) groups excluding carboxylic acids is 1. The zero-order valence-corrected chi connectivity index (χ0v) is 13.8. The van der Waals surface area contributed by atoms with Gasteiger partial charge in [0.15, 0.2) is 0 Å². The maximum atomic E-state index is 12.6. The Labute approximate surface area is 125 Å². The molecule has 2 nitrogen and oxygen atoms in total. The minimum absolute atomic E-state index is 0.116. The van der Waals surface area contributed by atoms with Crippen molar-refractivity contribution in [1.82, 2.24) is 4.90 Å². The first kappa shape index (κ1) is 14.1. The Morgan fingerprint density at radius 3 is 2.61 bits per heavy atom. The lowest BCUT2D eigenvalue weighted by atomic mass is 10.1. The van der Waals surface area contributed by atoms with Crippen LogP contribution in [0, 0.1) is 5.92 Å². The van der Waals surface area contributed by atoms with Crippen molar-refractivity contribution in [3.8, 4) is 0 Å². The van der Waals surface area contributed by atoms with Crippen LogP contribution in [0.3, 0.4) is 0 Å². The third-order valence-corrected chi connectivity index (χ3v) is 4.38. The van der Waals surface area contributed by atoms with E-state index in [9.17, 15) is 4.79 Å². The van der Waals surface area contributed by atoms with Gasteiger partial charge in [-0.3, -0.25) is 4.79 Å². The van der Waals surface area contributed by atoms with Gasteiger partial charge in [0, 0.05) is 21.5 Å². The summed E-state index contributed by atoms with van der Waals surface area (Å²) >= 11 is 6.88. The molecule has 1 aromatic rings. The van der Waals surface area contributed by atoms with Gasteiger partial charge in [0.05, 0.1) is 5.56 Å². The van der Waals surface area contributed by atoms with E-state index in [1.165, 1.54) is 12.8 Å². The van der Waals surface area contributed by atoms with E-state index in [1.807, 2.05) is 23.1 Å². The molecule has 0 N–H and O–H groups in total. The van der Waals surface area contributed by atoms with Crippen LogP contribution in [0.4, 0.5) is 0 Å². The highest BCUT2D eigenvalue weighted by Crippen LogP contribution is 2.31. The molecule has 0 atom stereocenters. The molecule has 0 heterocycles. The fourth-order valence-electron chi connectivity index (χ4n) is 1.92. The van der Waals surface area contributed by atoms with E-state index in [0.29, 0.717) is 5.92 Å². The third-order valence-electron chi connectivity index (χ3n) is 3.19. The highest BCUT2D eigenvalue weighted by Gasteiger charge is 2.29. The first-order valence-electron chi connectivity index (χ1n) is 6.25. The monoisotopic (exact) mass is 373 g/mol. The van der Waals surface area contributed by atoms with Crippen molar-refractivity contribution in [3.63, 3.8) is 0 Å². The molecule has 1 aromatic carbocycles. The van der Waals surface area contributed by atoms with Crippen LogP contribution in [0.15, 0.2) is 27.1 Å². The van der Waals surface area contributed by atoms with Crippen LogP contribution in [0.25, 0.3) is 0 Å². The smallest absolute Gasteiger partial charge is 0.255 e. The van der Waals surface area contributed by atoms with Crippen LogP contribution in [-0.2, 0) is 0 Å². The minimum Gasteiger partial charge on any atom is -0.336 e. The van der Waals surface area contributed by atoms with E-state index in [4.69, 9.17) is 0 Å². The summed E-state index contributed by atoms with van der Waals surface area (Å²) in [4.78, 5) is 14.6. The average molecular weight is 375 g/mol. The maximum absolute atomic E-state index is 12.6. The van der Waals surface area contributed by atoms with E-state index in [1.54, 1.807) is 0 Å². The zero-order chi connectivity index (χ0) is 13.3. The molecular formula is C14H17Br2NO. The fraction of sp³-hybridized carbons (Fsp3) is 0.500. The Hall–Kier alpha value is -0.350. The second-order valence-electron chi connectivity index (χ2n) is 5.12. The lowest BCUT2D eigenvalue weighted by molar-refractivity contribution is 0.0695. The molecule has 0 aliphatic heterocycles. The van der Waals surface area contributed by atoms with Gasteiger partial charge in [-0.1, -0.05) is 15.9 Å². The number of carbonyl (C=O) groups is 1. The first-order valence-corrected chi connectivity index (χ1v) is 7.83. The fourth-order valence-corrected chi connectivity index (χ4v) is 2.70. The lowest BCUT2D eigenvalue weighted by Gasteiger charge is -2.27. The number of halogens is 2. The van der Waals surface area contributed by atoms with Crippen LogP contribution in [0.1, 0.15) is 37.0 Å². The predicted octanol–water partition coefficient (Wildman–Crippen LogP) is 4.47. The minimum atomic E-state index is 0.116. The highest BCUT2D eigenvalue weighted by atomic mass is 79.9. The van der Waals surface area contributed by atoms with Crippen LogP contribution in [0.5, 0.6) is 0 Å². The zero-order valence-electron chi connectivity index (χ0n) is 10.6. The molecule has 0 unspecified atom stereocenters. The van der Waals surface area contributed by atoms with Crippen LogP contribution in [-0.4, -0.2) is 23.4 Å². The van der Waals surface area contributed by atoms with Gasteiger partial charge in [-0.2, -0.15) is 0 Å². The lowest BCUT2D eigenvalue weighted by Crippen LogP contribution is -2.38. The van der Waals surface area contributed by atoms with Crippen molar-refractivity contribution < 1.29 is 4.79 Å². The van der Waals surface area contributed by atoms with Gasteiger partial charge < -0.3 is 4.90 Å². The average Bonchev–Trinajstić information content (AvgIpc) is 3.12. The van der Waals surface area contributed by atoms with Crippen molar-refractivity contribution in [1.29, 1.82) is 0 Å². The Bertz CT molecular complexity index is 455. The summed E-state index contributed by atoms with van der Waals surface area (Å²) < 4.78 is 1.79. The van der Waals surface area contributed by atoms with E-state index in [0.717, 1.165) is 21.1 Å². The number of amides is 1. The highest BCUT2D eigenvalue weighted by molar-refractivity contribution is 9.11. The molecule has 0 bridgehead atoms. The molecule has 1 saturated carbocycles. The second-order valence-corrected chi connectivity index (χ2v) is 6.89. The van der Waals surface area contributed by atoms with E-state index < -0.39 is 0 Å². The second kappa shape index (κ2) is 5.74. The molecule has 0 saturated heterocycles. The summed E-state index contributed by atoms with van der Waals surface area (Å²) in [5.41, 5.74) is 0.735. The largest absolute Gasteiger partial charge is 0.336 e. The van der Waals surface area contributed by atoms with E-state index in [2.05, 4.69) is 45.7 Å². The molecule has 18 heavy (non-hydrogen) atoms. The normalized spacial score (nSPS) is 14.9. The summed E-state index contributed by atoms with van der Waals surface area (Å²) in [7, 11) is 0. The SMILES string of the molecule is CC(C)N(CC1CC1)C(=O)c1cc(Br)ccc1Br. The van der Waals surface area contributed by atoms with Crippen molar-refractivity contribution in [2.24, 2.45) is 5.92 Å². The Morgan fingerprint density at radius 1 is 1.39 bits per heavy atom. The molecule has 1 aliphatic carbocycles. The molecule has 0 radical (unpaired) electrons. The summed E-state index contributed by atoms with van der Waals surface area (Å²) in [6.45, 7) is 5.04. The summed E-state index contributed by atoms with van der Waals surface area (Å²) in [5, 5.41) is 0. The molecule has 1 aliphatic rings. The van der Waals surface area contributed by atoms with Gasteiger partial charge in [0.2, 0.25) is 0 Å². The molecular weight excluding hydrogens is 358 g/mol. The van der Waals surface area contributed by atoms with Crippen molar-refractivity contribution >= 4 is 37.8 Å². The van der Waals surface area contributed by atoms with Crippen molar-refractivity contribution in [3.05, 3.63) is 32.7 Å².